The lowest BCUT2D eigenvalue weighted by molar-refractivity contribution is -0.126. The van der Waals surface area contributed by atoms with Crippen molar-refractivity contribution >= 4 is 28.9 Å². The average molecular weight is 421 g/mol. The van der Waals surface area contributed by atoms with E-state index in [1.54, 1.807) is 6.92 Å². The zero-order chi connectivity index (χ0) is 20.8. The van der Waals surface area contributed by atoms with Crippen molar-refractivity contribution in [2.24, 2.45) is 17.0 Å². The molecule has 3 N–H and O–H groups in total. The van der Waals surface area contributed by atoms with Crippen LogP contribution in [0.25, 0.3) is 0 Å². The van der Waals surface area contributed by atoms with Gasteiger partial charge in [-0.15, -0.1) is 0 Å². The third-order valence-electron chi connectivity index (χ3n) is 5.53. The monoisotopic (exact) mass is 420 g/mol. The SMILES string of the molecule is C/C(=N/OCC(=O)NNC(=S)N[C@H]1CCC[C@H](C)[C@H]1C)c1ccc2c(c1)OCO2. The molecule has 0 bridgehead atoms. The van der Waals surface area contributed by atoms with Crippen LogP contribution in [0.15, 0.2) is 23.4 Å². The summed E-state index contributed by atoms with van der Waals surface area (Å²) in [4.78, 5) is 17.1. The van der Waals surface area contributed by atoms with Gasteiger partial charge in [0.25, 0.3) is 5.91 Å². The molecular weight excluding hydrogens is 392 g/mol. The fraction of sp³-hybridized carbons (Fsp3) is 0.550. The molecule has 1 amide bonds. The van der Waals surface area contributed by atoms with Gasteiger partial charge in [0.2, 0.25) is 6.79 Å². The zero-order valence-corrected chi connectivity index (χ0v) is 17.8. The number of carbonyl (C=O) groups excluding carboxylic acids is 1. The normalized spacial score (nSPS) is 23.3. The highest BCUT2D eigenvalue weighted by Gasteiger charge is 2.27. The minimum Gasteiger partial charge on any atom is -0.454 e. The summed E-state index contributed by atoms with van der Waals surface area (Å²) in [5, 5.41) is 7.67. The number of benzene rings is 1. The Morgan fingerprint density at radius 3 is 2.86 bits per heavy atom. The third-order valence-corrected chi connectivity index (χ3v) is 5.75. The Labute approximate surface area is 176 Å². The third kappa shape index (κ3) is 5.72. The van der Waals surface area contributed by atoms with Crippen LogP contribution in [0.4, 0.5) is 0 Å². The van der Waals surface area contributed by atoms with Crippen LogP contribution >= 0.6 is 12.2 Å². The number of hydrazine groups is 1. The highest BCUT2D eigenvalue weighted by Crippen LogP contribution is 2.32. The largest absolute Gasteiger partial charge is 0.454 e. The van der Waals surface area contributed by atoms with E-state index in [-0.39, 0.29) is 19.3 Å². The quantitative estimate of drug-likeness (QED) is 0.383. The smallest absolute Gasteiger partial charge is 0.279 e. The first-order chi connectivity index (χ1) is 13.9. The van der Waals surface area contributed by atoms with Crippen LogP contribution < -0.4 is 25.6 Å². The maximum absolute atomic E-state index is 11.9. The molecule has 0 unspecified atom stereocenters. The van der Waals surface area contributed by atoms with Gasteiger partial charge in [0.15, 0.2) is 23.2 Å². The maximum Gasteiger partial charge on any atom is 0.279 e. The molecule has 1 aliphatic carbocycles. The van der Waals surface area contributed by atoms with Crippen molar-refractivity contribution in [3.63, 3.8) is 0 Å². The van der Waals surface area contributed by atoms with Crippen LogP contribution in [0.5, 0.6) is 11.5 Å². The molecule has 29 heavy (non-hydrogen) atoms. The summed E-state index contributed by atoms with van der Waals surface area (Å²) in [6.07, 6.45) is 3.52. The van der Waals surface area contributed by atoms with Crippen molar-refractivity contribution < 1.29 is 19.1 Å². The van der Waals surface area contributed by atoms with Crippen LogP contribution in [-0.4, -0.2) is 36.2 Å². The number of oxime groups is 1. The summed E-state index contributed by atoms with van der Waals surface area (Å²) in [7, 11) is 0. The average Bonchev–Trinajstić information content (AvgIpc) is 3.17. The number of hydrogen-bond acceptors (Lipinski definition) is 6. The fourth-order valence-corrected chi connectivity index (χ4v) is 3.72. The van der Waals surface area contributed by atoms with Gasteiger partial charge in [-0.2, -0.15) is 0 Å². The minimum atomic E-state index is -0.374. The molecule has 0 radical (unpaired) electrons. The number of nitrogens with one attached hydrogen (secondary N) is 3. The lowest BCUT2D eigenvalue weighted by Crippen LogP contribution is -2.53. The lowest BCUT2D eigenvalue weighted by Gasteiger charge is -2.35. The Balaban J connectivity index is 1.38. The Bertz CT molecular complexity index is 786. The van der Waals surface area contributed by atoms with Crippen LogP contribution in [0.3, 0.4) is 0 Å². The van der Waals surface area contributed by atoms with Gasteiger partial charge in [-0.1, -0.05) is 31.8 Å². The molecule has 1 aromatic rings. The van der Waals surface area contributed by atoms with Crippen LogP contribution in [0.2, 0.25) is 0 Å². The van der Waals surface area contributed by atoms with E-state index in [1.807, 2.05) is 18.2 Å². The minimum absolute atomic E-state index is 0.216. The van der Waals surface area contributed by atoms with Gasteiger partial charge in [0.1, 0.15) is 0 Å². The van der Waals surface area contributed by atoms with E-state index in [0.717, 1.165) is 12.0 Å². The van der Waals surface area contributed by atoms with Crippen molar-refractivity contribution in [3.8, 4) is 11.5 Å². The molecule has 1 saturated carbocycles. The first-order valence-corrected chi connectivity index (χ1v) is 10.3. The molecule has 0 spiro atoms. The molecular formula is C20H28N4O4S. The van der Waals surface area contributed by atoms with E-state index < -0.39 is 0 Å². The van der Waals surface area contributed by atoms with E-state index in [0.29, 0.717) is 40.2 Å². The number of amides is 1. The first-order valence-electron chi connectivity index (χ1n) is 9.86. The number of ether oxygens (including phenoxy) is 2. The van der Waals surface area contributed by atoms with Crippen molar-refractivity contribution in [2.75, 3.05) is 13.4 Å². The number of fused-ring (bicyclic) bond motifs is 1. The second kappa shape index (κ2) is 9.78. The number of nitrogens with zero attached hydrogens (tertiary/aromatic N) is 1. The highest BCUT2D eigenvalue weighted by atomic mass is 32.1. The van der Waals surface area contributed by atoms with Gasteiger partial charge in [0, 0.05) is 11.6 Å². The number of thiocarbonyl (C=S) groups is 1. The van der Waals surface area contributed by atoms with Gasteiger partial charge >= 0.3 is 0 Å². The van der Waals surface area contributed by atoms with E-state index in [1.165, 1.54) is 12.8 Å². The lowest BCUT2D eigenvalue weighted by atomic mass is 9.78. The van der Waals surface area contributed by atoms with E-state index in [2.05, 4.69) is 35.2 Å². The van der Waals surface area contributed by atoms with E-state index in [9.17, 15) is 4.79 Å². The Morgan fingerprint density at radius 1 is 1.24 bits per heavy atom. The van der Waals surface area contributed by atoms with Gasteiger partial charge < -0.3 is 19.6 Å². The molecule has 3 atom stereocenters. The summed E-state index contributed by atoms with van der Waals surface area (Å²) in [5.74, 6) is 2.20. The van der Waals surface area contributed by atoms with Gasteiger partial charge in [-0.05, 0) is 55.6 Å². The molecule has 158 valence electrons. The fourth-order valence-electron chi connectivity index (χ4n) is 3.51. The molecule has 9 heteroatoms. The predicted molar refractivity (Wildman–Crippen MR) is 114 cm³/mol. The molecule has 0 saturated heterocycles. The molecule has 1 heterocycles. The second-order valence-electron chi connectivity index (χ2n) is 7.54. The highest BCUT2D eigenvalue weighted by molar-refractivity contribution is 7.80. The number of rotatable bonds is 5. The maximum atomic E-state index is 11.9. The molecule has 1 aliphatic heterocycles. The van der Waals surface area contributed by atoms with Crippen LogP contribution in [-0.2, 0) is 9.63 Å². The molecule has 0 aromatic heterocycles. The van der Waals surface area contributed by atoms with Gasteiger partial charge in [0.05, 0.1) is 5.71 Å². The summed E-state index contributed by atoms with van der Waals surface area (Å²) < 4.78 is 10.6. The van der Waals surface area contributed by atoms with Crippen LogP contribution in [0, 0.1) is 11.8 Å². The molecule has 2 aliphatic rings. The van der Waals surface area contributed by atoms with Crippen molar-refractivity contribution in [2.45, 2.75) is 46.1 Å². The first kappa shape index (κ1) is 21.2. The summed E-state index contributed by atoms with van der Waals surface area (Å²) in [6, 6.07) is 5.81. The number of carbonyl (C=O) groups is 1. The van der Waals surface area contributed by atoms with Crippen molar-refractivity contribution in [1.29, 1.82) is 0 Å². The van der Waals surface area contributed by atoms with Crippen molar-refractivity contribution in [3.05, 3.63) is 23.8 Å². The van der Waals surface area contributed by atoms with Gasteiger partial charge in [-0.3, -0.25) is 15.6 Å². The Hall–Kier alpha value is -2.55. The topological polar surface area (TPSA) is 93.2 Å². The predicted octanol–water partition coefficient (Wildman–Crippen LogP) is 2.48. The summed E-state index contributed by atoms with van der Waals surface area (Å²) >= 11 is 5.27. The Kier molecular flexibility index (Phi) is 7.13. The number of hydrogen-bond donors (Lipinski definition) is 3. The second-order valence-corrected chi connectivity index (χ2v) is 7.95. The van der Waals surface area contributed by atoms with E-state index >= 15 is 0 Å². The van der Waals surface area contributed by atoms with E-state index in [4.69, 9.17) is 26.5 Å². The van der Waals surface area contributed by atoms with Gasteiger partial charge in [-0.25, -0.2) is 0 Å². The molecule has 8 nitrogen and oxygen atoms in total. The zero-order valence-electron chi connectivity index (χ0n) is 17.0. The molecule has 1 fully saturated rings. The standard InChI is InChI=1S/C20H28N4O4S/c1-12-5-4-6-16(13(12)2)21-20(29)23-22-19(25)10-28-24-14(3)15-7-8-17-18(9-15)27-11-26-17/h7-9,12-13,16H,4-6,10-11H2,1-3H3,(H,22,25)(H2,21,23,29)/b24-14-/t12-,13+,16-/m0/s1. The summed E-state index contributed by atoms with van der Waals surface area (Å²) in [5.41, 5.74) is 6.70. The molecule has 3 rings (SSSR count). The Morgan fingerprint density at radius 2 is 2.03 bits per heavy atom. The summed E-state index contributed by atoms with van der Waals surface area (Å²) in [6.45, 7) is 6.28. The van der Waals surface area contributed by atoms with Crippen molar-refractivity contribution in [1.82, 2.24) is 16.2 Å². The molecule has 1 aromatic carbocycles. The van der Waals surface area contributed by atoms with Crippen LogP contribution in [0.1, 0.15) is 45.6 Å².